The predicted octanol–water partition coefficient (Wildman–Crippen LogP) is 14.4. The molecule has 58 heavy (non-hydrogen) atoms. The summed E-state index contributed by atoms with van der Waals surface area (Å²) in [6.45, 7) is 11.1. The molecule has 8 heteroatoms. The fourth-order valence-corrected chi connectivity index (χ4v) is 7.90. The molecule has 0 aliphatic carbocycles. The van der Waals surface area contributed by atoms with Crippen LogP contribution in [-0.4, -0.2) is 62.9 Å². The van der Waals surface area contributed by atoms with Crippen molar-refractivity contribution in [1.29, 1.82) is 0 Å². The number of nitrogens with zero attached hydrogens (tertiary/aromatic N) is 2. The molecular formula is C50H96N2O6. The van der Waals surface area contributed by atoms with Crippen molar-refractivity contribution in [3.05, 3.63) is 0 Å². The van der Waals surface area contributed by atoms with E-state index >= 15 is 0 Å². The molecule has 0 amide bonds. The molecule has 0 aliphatic rings. The first-order valence-electron chi connectivity index (χ1n) is 25.0. The van der Waals surface area contributed by atoms with E-state index in [4.69, 9.17) is 14.3 Å². The molecule has 0 radical (unpaired) electrons. The minimum absolute atomic E-state index is 0.0550. The highest BCUT2D eigenvalue weighted by atomic mass is 16.7. The summed E-state index contributed by atoms with van der Waals surface area (Å²) in [7, 11) is 4.10. The minimum Gasteiger partial charge on any atom is -0.466 e. The van der Waals surface area contributed by atoms with E-state index < -0.39 is 0 Å². The number of carbonyl (C=O) groups is 3. The molecule has 0 aromatic rings. The molecule has 0 aromatic carbocycles. The van der Waals surface area contributed by atoms with Crippen molar-refractivity contribution in [3.63, 3.8) is 0 Å². The Balaban J connectivity index is 4.47. The quantitative estimate of drug-likeness (QED) is 0.0199. The van der Waals surface area contributed by atoms with Crippen LogP contribution in [0.1, 0.15) is 246 Å². The highest BCUT2D eigenvalue weighted by Crippen LogP contribution is 2.24. The minimum atomic E-state index is -0.217. The fraction of sp³-hybridized carbons (Fsp3) is 0.920. The first kappa shape index (κ1) is 56.0. The lowest BCUT2D eigenvalue weighted by Gasteiger charge is -2.17. The Kier molecular flexibility index (Phi) is 41.7. The first-order valence-corrected chi connectivity index (χ1v) is 25.0. The summed E-state index contributed by atoms with van der Waals surface area (Å²) in [5.41, 5.74) is 0. The number of hydrogen-bond acceptors (Lipinski definition) is 8. The van der Waals surface area contributed by atoms with Gasteiger partial charge in [-0.1, -0.05) is 187 Å². The summed E-state index contributed by atoms with van der Waals surface area (Å²) >= 11 is 0. The Morgan fingerprint density at radius 3 is 1.26 bits per heavy atom. The van der Waals surface area contributed by atoms with Crippen LogP contribution in [0.2, 0.25) is 0 Å². The number of esters is 2. The summed E-state index contributed by atoms with van der Waals surface area (Å²) < 4.78 is 11.3. The van der Waals surface area contributed by atoms with Gasteiger partial charge in [0.1, 0.15) is 0 Å². The van der Waals surface area contributed by atoms with Crippen LogP contribution < -0.4 is 0 Å². The number of oxime groups is 1. The average molecular weight is 821 g/mol. The lowest BCUT2D eigenvalue weighted by molar-refractivity contribution is -0.149. The van der Waals surface area contributed by atoms with Gasteiger partial charge < -0.3 is 19.2 Å². The summed E-state index contributed by atoms with van der Waals surface area (Å²) in [4.78, 5) is 45.3. The van der Waals surface area contributed by atoms with Gasteiger partial charge >= 0.3 is 17.9 Å². The largest absolute Gasteiger partial charge is 0.466 e. The van der Waals surface area contributed by atoms with Gasteiger partial charge in [0.25, 0.3) is 0 Å². The molecule has 0 N–H and O–H groups in total. The van der Waals surface area contributed by atoms with E-state index in [1.807, 2.05) is 14.1 Å². The Bertz CT molecular complexity index is 880. The Morgan fingerprint density at radius 1 is 0.483 bits per heavy atom. The van der Waals surface area contributed by atoms with Gasteiger partial charge in [-0.2, -0.15) is 0 Å². The SMILES string of the molecule is CCCCCC(CCCCC)CCOC(=O)CCCCCCCC(CCCCCCCC(=O)OCCC(CCCCC)CCCCC)C(=O)O/N=C/CCCN(C)C. The molecule has 0 rings (SSSR count). The lowest BCUT2D eigenvalue weighted by atomic mass is 9.92. The van der Waals surface area contributed by atoms with Crippen LogP contribution in [0.15, 0.2) is 5.16 Å². The standard InChI is InChI=1S/C50H96N2O6/c1-7-11-21-31-45(32-22-12-8-2)39-43-56-48(53)37-27-19-15-17-25-35-47(50(55)58-51-41-29-30-42-52(5)6)36-26-18-16-20-28-38-49(54)57-44-40-46(33-23-13-9-3)34-24-14-10-4/h41,45-47H,7-40,42-44H2,1-6H3/b51-41+. The highest BCUT2D eigenvalue weighted by molar-refractivity contribution is 5.73. The van der Waals surface area contributed by atoms with E-state index in [0.29, 0.717) is 37.9 Å². The van der Waals surface area contributed by atoms with Crippen molar-refractivity contribution >= 4 is 24.1 Å². The molecule has 342 valence electrons. The second-order valence-corrected chi connectivity index (χ2v) is 17.7. The third-order valence-corrected chi connectivity index (χ3v) is 11.8. The molecule has 8 nitrogen and oxygen atoms in total. The number of unbranched alkanes of at least 4 members (excludes halogenated alkanes) is 17. The Labute approximate surface area is 359 Å². The zero-order valence-electron chi connectivity index (χ0n) is 39.3. The van der Waals surface area contributed by atoms with Crippen LogP contribution >= 0.6 is 0 Å². The van der Waals surface area contributed by atoms with Crippen LogP contribution in [0.4, 0.5) is 0 Å². The average Bonchev–Trinajstić information content (AvgIpc) is 3.20. The lowest BCUT2D eigenvalue weighted by Crippen LogP contribution is -2.16. The third-order valence-electron chi connectivity index (χ3n) is 11.8. The van der Waals surface area contributed by atoms with Gasteiger partial charge in [0, 0.05) is 19.1 Å². The van der Waals surface area contributed by atoms with Gasteiger partial charge in [-0.05, 0) is 83.8 Å². The van der Waals surface area contributed by atoms with Crippen molar-refractivity contribution in [2.45, 2.75) is 246 Å². The molecule has 0 spiro atoms. The van der Waals surface area contributed by atoms with Crippen molar-refractivity contribution in [2.75, 3.05) is 33.9 Å². The number of rotatable bonds is 44. The van der Waals surface area contributed by atoms with Gasteiger partial charge in [0.15, 0.2) is 0 Å². The van der Waals surface area contributed by atoms with Crippen molar-refractivity contribution in [3.8, 4) is 0 Å². The summed E-state index contributed by atoms with van der Waals surface area (Å²) in [5.74, 6) is 0.889. The smallest absolute Gasteiger partial charge is 0.338 e. The van der Waals surface area contributed by atoms with E-state index in [-0.39, 0.29) is 23.8 Å². The molecule has 0 heterocycles. The van der Waals surface area contributed by atoms with Crippen LogP contribution in [0, 0.1) is 17.8 Å². The van der Waals surface area contributed by atoms with E-state index in [9.17, 15) is 14.4 Å². The molecule has 0 unspecified atom stereocenters. The van der Waals surface area contributed by atoms with Crippen LogP contribution in [0.3, 0.4) is 0 Å². The maximum atomic E-state index is 13.0. The second-order valence-electron chi connectivity index (χ2n) is 17.7. The van der Waals surface area contributed by atoms with E-state index in [2.05, 4.69) is 37.8 Å². The van der Waals surface area contributed by atoms with Gasteiger partial charge in [-0.25, -0.2) is 4.79 Å². The zero-order valence-corrected chi connectivity index (χ0v) is 39.3. The predicted molar refractivity (Wildman–Crippen MR) is 245 cm³/mol. The Hall–Kier alpha value is -1.96. The topological polar surface area (TPSA) is 94.5 Å². The van der Waals surface area contributed by atoms with Gasteiger partial charge in [-0.15, -0.1) is 0 Å². The summed E-state index contributed by atoms with van der Waals surface area (Å²) in [5, 5.41) is 4.01. The number of hydrogen-bond donors (Lipinski definition) is 0. The summed E-state index contributed by atoms with van der Waals surface area (Å²) in [6, 6.07) is 0. The van der Waals surface area contributed by atoms with E-state index in [1.54, 1.807) is 6.21 Å². The molecule has 0 saturated heterocycles. The monoisotopic (exact) mass is 821 g/mol. The maximum absolute atomic E-state index is 13.0. The number of carbonyl (C=O) groups excluding carboxylic acids is 3. The third kappa shape index (κ3) is 38.3. The molecule has 0 saturated carbocycles. The van der Waals surface area contributed by atoms with E-state index in [1.165, 1.54) is 103 Å². The second kappa shape index (κ2) is 43.1. The summed E-state index contributed by atoms with van der Waals surface area (Å²) in [6.07, 6.45) is 38.3. The van der Waals surface area contributed by atoms with Gasteiger partial charge in [0.05, 0.1) is 19.1 Å². The normalized spacial score (nSPS) is 11.8. The Morgan fingerprint density at radius 2 is 0.862 bits per heavy atom. The highest BCUT2D eigenvalue weighted by Gasteiger charge is 2.20. The number of ether oxygens (including phenoxy) is 2. The van der Waals surface area contributed by atoms with Crippen molar-refractivity contribution in [1.82, 2.24) is 4.90 Å². The fourth-order valence-electron chi connectivity index (χ4n) is 7.90. The van der Waals surface area contributed by atoms with Gasteiger partial charge in [0.2, 0.25) is 0 Å². The van der Waals surface area contributed by atoms with Crippen LogP contribution in [-0.2, 0) is 28.7 Å². The molecule has 0 aliphatic heterocycles. The zero-order chi connectivity index (χ0) is 42.7. The molecule has 0 bridgehead atoms. The molecule has 0 atom stereocenters. The molecular weight excluding hydrogens is 725 g/mol. The molecule has 0 aromatic heterocycles. The van der Waals surface area contributed by atoms with Crippen molar-refractivity contribution in [2.24, 2.45) is 22.9 Å². The maximum Gasteiger partial charge on any atom is 0.338 e. The first-order chi connectivity index (χ1) is 28.3. The van der Waals surface area contributed by atoms with Crippen LogP contribution in [0.25, 0.3) is 0 Å². The van der Waals surface area contributed by atoms with Gasteiger partial charge in [-0.3, -0.25) is 9.59 Å². The molecule has 0 fully saturated rings. The van der Waals surface area contributed by atoms with Crippen LogP contribution in [0.5, 0.6) is 0 Å². The van der Waals surface area contributed by atoms with Crippen molar-refractivity contribution < 1.29 is 28.7 Å². The van der Waals surface area contributed by atoms with E-state index in [0.717, 1.165) is 109 Å².